The van der Waals surface area contributed by atoms with Crippen LogP contribution in [0.1, 0.15) is 23.8 Å². The molecule has 0 saturated heterocycles. The fraction of sp³-hybridized carbons (Fsp3) is 0.400. The van der Waals surface area contributed by atoms with Gasteiger partial charge in [-0.2, -0.15) is 0 Å². The Labute approximate surface area is 88.9 Å². The van der Waals surface area contributed by atoms with Gasteiger partial charge in [0.15, 0.2) is 0 Å². The molecule has 0 aromatic carbocycles. The summed E-state index contributed by atoms with van der Waals surface area (Å²) in [7, 11) is 0. The van der Waals surface area contributed by atoms with E-state index in [0.717, 1.165) is 12.1 Å². The van der Waals surface area contributed by atoms with Crippen molar-refractivity contribution in [1.29, 1.82) is 0 Å². The first-order valence-electron chi connectivity index (χ1n) is 4.89. The van der Waals surface area contributed by atoms with Crippen LogP contribution in [0.4, 0.5) is 5.69 Å². The van der Waals surface area contributed by atoms with Crippen molar-refractivity contribution in [3.63, 3.8) is 0 Å². The lowest BCUT2D eigenvalue weighted by atomic mass is 10.2. The van der Waals surface area contributed by atoms with E-state index in [1.165, 1.54) is 0 Å². The second-order valence-corrected chi connectivity index (χ2v) is 3.28. The van der Waals surface area contributed by atoms with Crippen molar-refractivity contribution in [2.24, 2.45) is 11.5 Å². The summed E-state index contributed by atoms with van der Waals surface area (Å²) < 4.78 is 0. The minimum absolute atomic E-state index is 0.202. The van der Waals surface area contributed by atoms with Crippen molar-refractivity contribution < 1.29 is 4.79 Å². The summed E-state index contributed by atoms with van der Waals surface area (Å²) in [6, 6.07) is 3.61. The summed E-state index contributed by atoms with van der Waals surface area (Å²) in [4.78, 5) is 14.7. The van der Waals surface area contributed by atoms with Crippen LogP contribution in [0, 0.1) is 0 Å². The molecule has 5 nitrogen and oxygen atoms in total. The van der Waals surface area contributed by atoms with Crippen molar-refractivity contribution in [3.05, 3.63) is 24.0 Å². The summed E-state index contributed by atoms with van der Waals surface area (Å²) in [5.41, 5.74) is 11.8. The van der Waals surface area contributed by atoms with Gasteiger partial charge in [-0.05, 0) is 18.6 Å². The van der Waals surface area contributed by atoms with Gasteiger partial charge >= 0.3 is 0 Å². The van der Waals surface area contributed by atoms with E-state index in [0.29, 0.717) is 6.54 Å². The highest BCUT2D eigenvalue weighted by molar-refractivity contribution is 5.91. The van der Waals surface area contributed by atoms with Gasteiger partial charge in [-0.1, -0.05) is 6.92 Å². The fourth-order valence-electron chi connectivity index (χ4n) is 1.22. The van der Waals surface area contributed by atoms with Crippen LogP contribution in [-0.4, -0.2) is 23.5 Å². The Morgan fingerprint density at radius 2 is 2.40 bits per heavy atom. The zero-order valence-corrected chi connectivity index (χ0v) is 8.73. The second kappa shape index (κ2) is 5.31. The van der Waals surface area contributed by atoms with E-state index >= 15 is 0 Å². The van der Waals surface area contributed by atoms with E-state index in [1.807, 2.05) is 6.92 Å². The number of anilines is 1. The molecular formula is C10H16N4O. The minimum atomic E-state index is -0.528. The quantitative estimate of drug-likeness (QED) is 0.650. The normalized spacial score (nSPS) is 12.1. The number of amides is 1. The van der Waals surface area contributed by atoms with E-state index < -0.39 is 5.91 Å². The Kier molecular flexibility index (Phi) is 4.05. The Morgan fingerprint density at radius 3 is 2.93 bits per heavy atom. The topological polar surface area (TPSA) is 94.0 Å². The molecular weight excluding hydrogens is 192 g/mol. The first kappa shape index (κ1) is 11.5. The van der Waals surface area contributed by atoms with Crippen LogP contribution in [0.5, 0.6) is 0 Å². The van der Waals surface area contributed by atoms with E-state index in [4.69, 9.17) is 11.5 Å². The molecule has 1 aromatic heterocycles. The van der Waals surface area contributed by atoms with Gasteiger partial charge in [-0.25, -0.2) is 0 Å². The largest absolute Gasteiger partial charge is 0.381 e. The van der Waals surface area contributed by atoms with Gasteiger partial charge in [0.05, 0.1) is 0 Å². The highest BCUT2D eigenvalue weighted by atomic mass is 16.1. The Bertz CT molecular complexity index is 336. The first-order chi connectivity index (χ1) is 7.17. The number of carbonyl (C=O) groups excluding carboxylic acids is 1. The molecule has 0 aliphatic carbocycles. The van der Waals surface area contributed by atoms with E-state index in [9.17, 15) is 4.79 Å². The van der Waals surface area contributed by atoms with Crippen molar-refractivity contribution >= 4 is 11.6 Å². The molecule has 1 rings (SSSR count). The van der Waals surface area contributed by atoms with Crippen molar-refractivity contribution in [2.45, 2.75) is 19.4 Å². The van der Waals surface area contributed by atoms with Crippen LogP contribution in [0.15, 0.2) is 18.3 Å². The molecule has 1 amide bonds. The van der Waals surface area contributed by atoms with Crippen LogP contribution in [0.2, 0.25) is 0 Å². The predicted octanol–water partition coefficient (Wildman–Crippen LogP) is 0.330. The number of nitrogens with zero attached hydrogens (tertiary/aromatic N) is 1. The van der Waals surface area contributed by atoms with Crippen molar-refractivity contribution in [2.75, 3.05) is 11.9 Å². The Balaban J connectivity index is 2.77. The summed E-state index contributed by atoms with van der Waals surface area (Å²) in [6.45, 7) is 2.59. The molecule has 0 saturated carbocycles. The molecule has 1 atom stereocenters. The minimum Gasteiger partial charge on any atom is -0.381 e. The molecule has 15 heavy (non-hydrogen) atoms. The predicted molar refractivity (Wildman–Crippen MR) is 59.5 cm³/mol. The highest BCUT2D eigenvalue weighted by Gasteiger charge is 2.06. The third kappa shape index (κ3) is 3.21. The van der Waals surface area contributed by atoms with Gasteiger partial charge in [0.25, 0.3) is 5.91 Å². The number of hydrogen-bond acceptors (Lipinski definition) is 4. The van der Waals surface area contributed by atoms with E-state index in [1.54, 1.807) is 18.3 Å². The molecule has 0 fully saturated rings. The summed E-state index contributed by atoms with van der Waals surface area (Å²) >= 11 is 0. The summed E-state index contributed by atoms with van der Waals surface area (Å²) in [5.74, 6) is -0.528. The number of hydrogen-bond donors (Lipinski definition) is 3. The maximum Gasteiger partial charge on any atom is 0.267 e. The molecule has 0 aliphatic rings. The number of nitrogens with two attached hydrogens (primary N) is 2. The standard InChI is InChI=1S/C10H16N4O/c1-2-7(6-11)14-8-3-4-13-9(5-8)10(12)15/h3-5,7H,2,6,11H2,1H3,(H2,12,15)(H,13,14). The number of nitrogens with one attached hydrogen (secondary N) is 1. The van der Waals surface area contributed by atoms with Gasteiger partial charge in [0, 0.05) is 24.5 Å². The third-order valence-corrected chi connectivity index (χ3v) is 2.16. The molecule has 5 heteroatoms. The molecule has 0 bridgehead atoms. The van der Waals surface area contributed by atoms with Gasteiger partial charge in [-0.15, -0.1) is 0 Å². The van der Waals surface area contributed by atoms with Gasteiger partial charge in [0.2, 0.25) is 0 Å². The van der Waals surface area contributed by atoms with Crippen LogP contribution in [0.25, 0.3) is 0 Å². The number of carbonyl (C=O) groups is 1. The average molecular weight is 208 g/mol. The number of rotatable bonds is 5. The SMILES string of the molecule is CCC(CN)Nc1ccnc(C(N)=O)c1. The van der Waals surface area contributed by atoms with Crippen LogP contribution in [0.3, 0.4) is 0 Å². The molecule has 0 radical (unpaired) electrons. The van der Waals surface area contributed by atoms with Crippen molar-refractivity contribution in [1.82, 2.24) is 4.98 Å². The summed E-state index contributed by atoms with van der Waals surface area (Å²) in [5, 5.41) is 3.20. The second-order valence-electron chi connectivity index (χ2n) is 3.28. The van der Waals surface area contributed by atoms with Crippen LogP contribution in [-0.2, 0) is 0 Å². The van der Waals surface area contributed by atoms with Gasteiger partial charge < -0.3 is 16.8 Å². The fourth-order valence-corrected chi connectivity index (χ4v) is 1.22. The summed E-state index contributed by atoms with van der Waals surface area (Å²) in [6.07, 6.45) is 2.47. The zero-order valence-electron chi connectivity index (χ0n) is 8.73. The van der Waals surface area contributed by atoms with Crippen LogP contribution >= 0.6 is 0 Å². The van der Waals surface area contributed by atoms with E-state index in [-0.39, 0.29) is 11.7 Å². The lowest BCUT2D eigenvalue weighted by Crippen LogP contribution is -2.28. The number of primary amides is 1. The first-order valence-corrected chi connectivity index (χ1v) is 4.89. The number of aromatic nitrogens is 1. The molecule has 1 heterocycles. The number of pyridine rings is 1. The van der Waals surface area contributed by atoms with Gasteiger partial charge in [0.1, 0.15) is 5.69 Å². The van der Waals surface area contributed by atoms with Crippen LogP contribution < -0.4 is 16.8 Å². The highest BCUT2D eigenvalue weighted by Crippen LogP contribution is 2.09. The smallest absolute Gasteiger partial charge is 0.267 e. The molecule has 1 unspecified atom stereocenters. The zero-order chi connectivity index (χ0) is 11.3. The molecule has 1 aromatic rings. The maximum absolute atomic E-state index is 10.9. The maximum atomic E-state index is 10.9. The molecule has 5 N–H and O–H groups in total. The van der Waals surface area contributed by atoms with Gasteiger partial charge in [-0.3, -0.25) is 9.78 Å². The average Bonchev–Trinajstić information content (AvgIpc) is 2.26. The Hall–Kier alpha value is -1.62. The van der Waals surface area contributed by atoms with Crippen molar-refractivity contribution in [3.8, 4) is 0 Å². The third-order valence-electron chi connectivity index (χ3n) is 2.16. The molecule has 82 valence electrons. The molecule has 0 aliphatic heterocycles. The molecule has 0 spiro atoms. The van der Waals surface area contributed by atoms with E-state index in [2.05, 4.69) is 10.3 Å². The lowest BCUT2D eigenvalue weighted by Gasteiger charge is -2.15. The monoisotopic (exact) mass is 208 g/mol. The lowest BCUT2D eigenvalue weighted by molar-refractivity contribution is 0.0995. The Morgan fingerprint density at radius 1 is 1.67 bits per heavy atom.